The van der Waals surface area contributed by atoms with E-state index in [9.17, 15) is 22.8 Å². The van der Waals surface area contributed by atoms with Crippen LogP contribution in [0.1, 0.15) is 5.56 Å². The standard InChI is InChI=1S/C10H8F3N3O2/c11-10(12,13)5-2-1-3-6-7(5)8(17)16(4-14)9(18)15-6/h1-3H,4,14H2,(H,15,18). The number of halogens is 3. The molecule has 5 nitrogen and oxygen atoms in total. The Kier molecular flexibility index (Phi) is 2.74. The Morgan fingerprint density at radius 3 is 2.50 bits per heavy atom. The number of nitrogens with zero attached hydrogens (tertiary/aromatic N) is 1. The summed E-state index contributed by atoms with van der Waals surface area (Å²) >= 11 is 0. The average Bonchev–Trinajstić information content (AvgIpc) is 2.27. The molecule has 0 spiro atoms. The number of nitrogens with two attached hydrogens (primary N) is 1. The molecule has 1 heterocycles. The molecule has 0 atom stereocenters. The molecular formula is C10H8F3N3O2. The van der Waals surface area contributed by atoms with Crippen molar-refractivity contribution in [1.82, 2.24) is 9.55 Å². The highest BCUT2D eigenvalue weighted by atomic mass is 19.4. The molecule has 0 saturated heterocycles. The fourth-order valence-corrected chi connectivity index (χ4v) is 1.70. The van der Waals surface area contributed by atoms with Crippen LogP contribution in [0.3, 0.4) is 0 Å². The van der Waals surface area contributed by atoms with E-state index in [1.807, 2.05) is 0 Å². The molecule has 18 heavy (non-hydrogen) atoms. The van der Waals surface area contributed by atoms with Crippen LogP contribution in [0.25, 0.3) is 10.9 Å². The van der Waals surface area contributed by atoms with E-state index in [1.165, 1.54) is 6.07 Å². The number of hydrogen-bond donors (Lipinski definition) is 2. The molecule has 96 valence electrons. The predicted octanol–water partition coefficient (Wildman–Crippen LogP) is 0.625. The molecule has 0 aliphatic rings. The molecule has 3 N–H and O–H groups in total. The summed E-state index contributed by atoms with van der Waals surface area (Å²) in [5, 5.41) is -0.588. The lowest BCUT2D eigenvalue weighted by Gasteiger charge is -2.10. The lowest BCUT2D eigenvalue weighted by molar-refractivity contribution is -0.136. The van der Waals surface area contributed by atoms with E-state index >= 15 is 0 Å². The van der Waals surface area contributed by atoms with Crippen molar-refractivity contribution in [3.8, 4) is 0 Å². The maximum Gasteiger partial charge on any atom is 0.417 e. The molecule has 0 amide bonds. The molecule has 0 aliphatic heterocycles. The van der Waals surface area contributed by atoms with Crippen molar-refractivity contribution in [2.24, 2.45) is 5.73 Å². The predicted molar refractivity (Wildman–Crippen MR) is 58.0 cm³/mol. The first kappa shape index (κ1) is 12.4. The zero-order chi connectivity index (χ0) is 13.5. The monoisotopic (exact) mass is 259 g/mol. The maximum absolute atomic E-state index is 12.8. The van der Waals surface area contributed by atoms with Gasteiger partial charge in [-0.1, -0.05) is 6.07 Å². The van der Waals surface area contributed by atoms with Crippen molar-refractivity contribution >= 4 is 10.9 Å². The molecule has 8 heteroatoms. The van der Waals surface area contributed by atoms with Crippen molar-refractivity contribution < 1.29 is 13.2 Å². The van der Waals surface area contributed by atoms with E-state index in [2.05, 4.69) is 4.98 Å². The van der Waals surface area contributed by atoms with Crippen molar-refractivity contribution in [3.63, 3.8) is 0 Å². The third-order valence-corrected chi connectivity index (χ3v) is 2.50. The van der Waals surface area contributed by atoms with Gasteiger partial charge in [-0.2, -0.15) is 13.2 Å². The van der Waals surface area contributed by atoms with Gasteiger partial charge >= 0.3 is 11.9 Å². The minimum absolute atomic E-state index is 0.162. The number of benzene rings is 1. The van der Waals surface area contributed by atoms with E-state index in [0.717, 1.165) is 12.1 Å². The van der Waals surface area contributed by atoms with Crippen LogP contribution in [0.15, 0.2) is 27.8 Å². The smallest absolute Gasteiger partial charge is 0.313 e. The molecule has 0 radical (unpaired) electrons. The number of aromatic amines is 1. The Balaban J connectivity index is 3.02. The van der Waals surface area contributed by atoms with Crippen molar-refractivity contribution in [2.75, 3.05) is 0 Å². The lowest BCUT2D eigenvalue weighted by atomic mass is 10.1. The minimum Gasteiger partial charge on any atom is -0.313 e. The normalized spacial score (nSPS) is 12.0. The summed E-state index contributed by atoms with van der Waals surface area (Å²) in [6.45, 7) is -0.490. The zero-order valence-corrected chi connectivity index (χ0v) is 8.91. The van der Waals surface area contributed by atoms with Crippen molar-refractivity contribution in [3.05, 3.63) is 44.6 Å². The fraction of sp³-hybridized carbons (Fsp3) is 0.200. The zero-order valence-electron chi connectivity index (χ0n) is 8.91. The Morgan fingerprint density at radius 1 is 1.28 bits per heavy atom. The first-order valence-corrected chi connectivity index (χ1v) is 4.89. The quantitative estimate of drug-likeness (QED) is 0.788. The molecular weight excluding hydrogens is 251 g/mol. The number of aromatic nitrogens is 2. The van der Waals surface area contributed by atoms with Crippen LogP contribution < -0.4 is 17.0 Å². The lowest BCUT2D eigenvalue weighted by Crippen LogP contribution is -2.38. The number of rotatable bonds is 1. The van der Waals surface area contributed by atoms with Gasteiger partial charge in [0.05, 0.1) is 23.1 Å². The van der Waals surface area contributed by atoms with E-state index in [4.69, 9.17) is 5.73 Å². The molecule has 0 bridgehead atoms. The largest absolute Gasteiger partial charge is 0.417 e. The second-order valence-corrected chi connectivity index (χ2v) is 3.57. The average molecular weight is 259 g/mol. The molecule has 2 aromatic rings. The molecule has 0 unspecified atom stereocenters. The van der Waals surface area contributed by atoms with Gasteiger partial charge in [-0.3, -0.25) is 4.79 Å². The van der Waals surface area contributed by atoms with Gasteiger partial charge in [-0.05, 0) is 12.1 Å². The van der Waals surface area contributed by atoms with Gasteiger partial charge < -0.3 is 10.7 Å². The highest BCUT2D eigenvalue weighted by molar-refractivity contribution is 5.81. The molecule has 1 aromatic carbocycles. The van der Waals surface area contributed by atoms with Gasteiger partial charge in [0.15, 0.2) is 0 Å². The van der Waals surface area contributed by atoms with Gasteiger partial charge in [-0.15, -0.1) is 0 Å². The number of hydrogen-bond acceptors (Lipinski definition) is 3. The first-order valence-electron chi connectivity index (χ1n) is 4.89. The van der Waals surface area contributed by atoms with Gasteiger partial charge in [0.25, 0.3) is 5.56 Å². The fourth-order valence-electron chi connectivity index (χ4n) is 1.70. The second-order valence-electron chi connectivity index (χ2n) is 3.57. The van der Waals surface area contributed by atoms with Crippen LogP contribution in [-0.4, -0.2) is 9.55 Å². The molecule has 0 saturated carbocycles. The van der Waals surface area contributed by atoms with Crippen molar-refractivity contribution in [2.45, 2.75) is 12.8 Å². The molecule has 0 aliphatic carbocycles. The summed E-state index contributed by atoms with van der Waals surface area (Å²) in [6.07, 6.45) is -4.68. The molecule has 1 aromatic heterocycles. The first-order chi connectivity index (χ1) is 8.36. The molecule has 0 fully saturated rings. The van der Waals surface area contributed by atoms with Gasteiger partial charge in [-0.25, -0.2) is 9.36 Å². The maximum atomic E-state index is 12.8. The summed E-state index contributed by atoms with van der Waals surface area (Å²) in [5.74, 6) is 0. The van der Waals surface area contributed by atoms with Crippen LogP contribution >= 0.6 is 0 Å². The number of alkyl halides is 3. The van der Waals surface area contributed by atoms with Crippen LogP contribution in [0.4, 0.5) is 13.2 Å². The summed E-state index contributed by atoms with van der Waals surface area (Å²) in [6, 6.07) is 3.13. The highest BCUT2D eigenvalue weighted by Gasteiger charge is 2.34. The Bertz CT molecular complexity index is 715. The molecule has 2 rings (SSSR count). The Hall–Kier alpha value is -2.09. The number of H-pyrrole nitrogens is 1. The number of fused-ring (bicyclic) bond motifs is 1. The van der Waals surface area contributed by atoms with Gasteiger partial charge in [0.2, 0.25) is 0 Å². The van der Waals surface area contributed by atoms with E-state index < -0.39 is 35.0 Å². The van der Waals surface area contributed by atoms with E-state index in [0.29, 0.717) is 4.57 Å². The van der Waals surface area contributed by atoms with E-state index in [1.54, 1.807) is 0 Å². The third-order valence-electron chi connectivity index (χ3n) is 2.50. The summed E-state index contributed by atoms with van der Waals surface area (Å²) in [5.41, 5.74) is 2.02. The minimum atomic E-state index is -4.68. The summed E-state index contributed by atoms with van der Waals surface area (Å²) in [4.78, 5) is 25.4. The Labute approximate surface area is 97.7 Å². The van der Waals surface area contributed by atoms with Crippen LogP contribution in [0, 0.1) is 0 Å². The third kappa shape index (κ3) is 1.80. The van der Waals surface area contributed by atoms with E-state index in [-0.39, 0.29) is 5.52 Å². The summed E-state index contributed by atoms with van der Waals surface area (Å²) in [7, 11) is 0. The highest BCUT2D eigenvalue weighted by Crippen LogP contribution is 2.32. The summed E-state index contributed by atoms with van der Waals surface area (Å²) < 4.78 is 38.8. The topological polar surface area (TPSA) is 80.9 Å². The van der Waals surface area contributed by atoms with Crippen LogP contribution in [0.2, 0.25) is 0 Å². The van der Waals surface area contributed by atoms with Gasteiger partial charge in [0, 0.05) is 0 Å². The Morgan fingerprint density at radius 2 is 1.94 bits per heavy atom. The number of nitrogens with one attached hydrogen (secondary N) is 1. The van der Waals surface area contributed by atoms with Crippen LogP contribution in [-0.2, 0) is 12.8 Å². The van der Waals surface area contributed by atoms with Crippen LogP contribution in [0.5, 0.6) is 0 Å². The SMILES string of the molecule is NCn1c(=O)[nH]c2cccc(C(F)(F)F)c2c1=O. The van der Waals surface area contributed by atoms with Gasteiger partial charge in [0.1, 0.15) is 0 Å². The van der Waals surface area contributed by atoms with Crippen molar-refractivity contribution in [1.29, 1.82) is 0 Å². The second kappa shape index (κ2) is 3.98.